The van der Waals surface area contributed by atoms with Crippen LogP contribution in [0.1, 0.15) is 46.4 Å². The lowest BCUT2D eigenvalue weighted by Crippen LogP contribution is -2.32. The van der Waals surface area contributed by atoms with E-state index in [1.807, 2.05) is 0 Å². The van der Waals surface area contributed by atoms with Crippen molar-refractivity contribution >= 4 is 0 Å². The molecule has 30 heavy (non-hydrogen) atoms. The van der Waals surface area contributed by atoms with Gasteiger partial charge in [0.05, 0.1) is 7.11 Å². The molecule has 3 aromatic rings. The van der Waals surface area contributed by atoms with Crippen molar-refractivity contribution in [3.8, 4) is 5.75 Å². The quantitative estimate of drug-likeness (QED) is 0.466. The molecule has 0 amide bonds. The van der Waals surface area contributed by atoms with Crippen LogP contribution in [0.15, 0.2) is 90.5 Å². The van der Waals surface area contributed by atoms with Gasteiger partial charge in [-0.25, -0.2) is 0 Å². The number of likely N-dealkylation sites (N-methyl/N-ethyl adjacent to an activating group) is 1. The van der Waals surface area contributed by atoms with Crippen LogP contribution in [0.2, 0.25) is 0 Å². The Morgan fingerprint density at radius 3 is 2.27 bits per heavy atom. The Morgan fingerprint density at radius 2 is 1.53 bits per heavy atom. The maximum Gasteiger partial charge on any atom is 0.118 e. The molecule has 3 aromatic carbocycles. The Balaban J connectivity index is 1.42. The highest BCUT2D eigenvalue weighted by Gasteiger charge is 2.40. The largest absolute Gasteiger partial charge is 0.497 e. The lowest BCUT2D eigenvalue weighted by Gasteiger charge is -2.44. The summed E-state index contributed by atoms with van der Waals surface area (Å²) in [5.41, 5.74) is 7.44. The first-order valence-electron chi connectivity index (χ1n) is 10.9. The van der Waals surface area contributed by atoms with Gasteiger partial charge in [-0.05, 0) is 53.8 Å². The summed E-state index contributed by atoms with van der Waals surface area (Å²) < 4.78 is 5.37. The van der Waals surface area contributed by atoms with Crippen molar-refractivity contribution in [2.24, 2.45) is 0 Å². The van der Waals surface area contributed by atoms with Crippen LogP contribution < -0.4 is 4.74 Å². The number of benzene rings is 3. The maximum atomic E-state index is 5.37. The second-order valence-electron chi connectivity index (χ2n) is 8.72. The minimum atomic E-state index is 0.458. The highest BCUT2D eigenvalue weighted by Crippen LogP contribution is 2.55. The predicted octanol–water partition coefficient (Wildman–Crippen LogP) is 6.12. The molecule has 3 unspecified atom stereocenters. The van der Waals surface area contributed by atoms with Crippen LogP contribution in [0.5, 0.6) is 5.75 Å². The van der Waals surface area contributed by atoms with Crippen molar-refractivity contribution in [1.29, 1.82) is 0 Å². The summed E-state index contributed by atoms with van der Waals surface area (Å²) in [6.07, 6.45) is 3.77. The first kappa shape index (κ1) is 19.1. The van der Waals surface area contributed by atoms with Crippen molar-refractivity contribution in [3.63, 3.8) is 0 Å². The lowest BCUT2D eigenvalue weighted by atomic mass is 9.61. The first-order valence-corrected chi connectivity index (χ1v) is 10.9. The molecule has 0 fully saturated rings. The summed E-state index contributed by atoms with van der Waals surface area (Å²) in [5, 5.41) is 0. The number of hydrogen-bond donors (Lipinski definition) is 0. The van der Waals surface area contributed by atoms with Crippen LogP contribution in [0.4, 0.5) is 0 Å². The van der Waals surface area contributed by atoms with E-state index < -0.39 is 0 Å². The maximum absolute atomic E-state index is 5.37. The first-order chi connectivity index (χ1) is 14.7. The fourth-order valence-electron chi connectivity index (χ4n) is 5.40. The van der Waals surface area contributed by atoms with Crippen LogP contribution in [0.3, 0.4) is 0 Å². The number of fused-ring (bicyclic) bond motifs is 1. The smallest absolute Gasteiger partial charge is 0.118 e. The minimum Gasteiger partial charge on any atom is -0.497 e. The van der Waals surface area contributed by atoms with E-state index in [0.29, 0.717) is 17.8 Å². The molecule has 0 saturated heterocycles. The average Bonchev–Trinajstić information content (AvgIpc) is 2.80. The molecule has 0 radical (unpaired) electrons. The number of ether oxygens (including phenoxy) is 1. The molecule has 2 nitrogen and oxygen atoms in total. The normalized spacial score (nSPS) is 22.0. The van der Waals surface area contributed by atoms with Gasteiger partial charge in [0, 0.05) is 24.9 Å². The van der Waals surface area contributed by atoms with E-state index in [1.54, 1.807) is 12.7 Å². The Kier molecular flexibility index (Phi) is 5.18. The average molecular weight is 396 g/mol. The molecule has 3 aliphatic rings. The molecule has 6 rings (SSSR count). The van der Waals surface area contributed by atoms with Crippen LogP contribution in [-0.2, 0) is 6.54 Å². The monoisotopic (exact) mass is 395 g/mol. The van der Waals surface area contributed by atoms with Crippen molar-refractivity contribution in [3.05, 3.63) is 113 Å². The third-order valence-corrected chi connectivity index (χ3v) is 6.79. The van der Waals surface area contributed by atoms with Gasteiger partial charge < -0.3 is 4.74 Å². The molecule has 0 aliphatic heterocycles. The van der Waals surface area contributed by atoms with Crippen LogP contribution >= 0.6 is 0 Å². The molecule has 0 aromatic heterocycles. The molecule has 3 aliphatic carbocycles. The second-order valence-corrected chi connectivity index (χ2v) is 8.72. The molecule has 2 heteroatoms. The number of methoxy groups -OCH3 is 1. The van der Waals surface area contributed by atoms with Crippen molar-refractivity contribution in [2.45, 2.75) is 30.7 Å². The third kappa shape index (κ3) is 3.57. The molecule has 152 valence electrons. The van der Waals surface area contributed by atoms with Crippen molar-refractivity contribution in [2.75, 3.05) is 20.7 Å². The van der Waals surface area contributed by atoms with E-state index in [4.69, 9.17) is 4.74 Å². The Labute approximate surface area is 179 Å². The van der Waals surface area contributed by atoms with Gasteiger partial charge in [0.2, 0.25) is 0 Å². The van der Waals surface area contributed by atoms with E-state index in [9.17, 15) is 0 Å². The topological polar surface area (TPSA) is 12.5 Å². The fraction of sp³-hybridized carbons (Fsp3) is 0.286. The highest BCUT2D eigenvalue weighted by atomic mass is 16.5. The van der Waals surface area contributed by atoms with Gasteiger partial charge in [-0.3, -0.25) is 4.90 Å². The second kappa shape index (κ2) is 8.12. The van der Waals surface area contributed by atoms with E-state index in [2.05, 4.69) is 96.9 Å². The minimum absolute atomic E-state index is 0.458. The van der Waals surface area contributed by atoms with E-state index in [-0.39, 0.29) is 0 Å². The van der Waals surface area contributed by atoms with Crippen molar-refractivity contribution in [1.82, 2.24) is 4.90 Å². The summed E-state index contributed by atoms with van der Waals surface area (Å²) in [4.78, 5) is 2.45. The Hall–Kier alpha value is -2.84. The Morgan fingerprint density at radius 1 is 0.833 bits per heavy atom. The molecule has 0 spiro atoms. The standard InChI is InChI=1S/C28H29NO/c1-29(18-20-8-4-3-5-9-20)19-22-16-28-25-11-7-6-10-24(25)27(22)17-26(28)21-12-14-23(30-2)15-13-21/h3-16,26-28H,17-19H2,1-2H3. The molecule has 0 N–H and O–H groups in total. The van der Waals surface area contributed by atoms with Gasteiger partial charge in [-0.2, -0.15) is 0 Å². The van der Waals surface area contributed by atoms with Crippen LogP contribution in [0.25, 0.3) is 0 Å². The van der Waals surface area contributed by atoms with E-state index in [0.717, 1.165) is 18.8 Å². The summed E-state index contributed by atoms with van der Waals surface area (Å²) in [5.74, 6) is 2.44. The SMILES string of the molecule is COc1ccc(C2CC3C(CN(C)Cc4ccccc4)=CC2c2ccccc23)cc1. The van der Waals surface area contributed by atoms with E-state index >= 15 is 0 Å². The lowest BCUT2D eigenvalue weighted by molar-refractivity contribution is 0.332. The summed E-state index contributed by atoms with van der Waals surface area (Å²) in [6, 6.07) is 28.6. The predicted molar refractivity (Wildman–Crippen MR) is 123 cm³/mol. The summed E-state index contributed by atoms with van der Waals surface area (Å²) >= 11 is 0. The molecule has 2 bridgehead atoms. The number of hydrogen-bond acceptors (Lipinski definition) is 2. The van der Waals surface area contributed by atoms with E-state index in [1.165, 1.54) is 28.7 Å². The van der Waals surface area contributed by atoms with Crippen molar-refractivity contribution < 1.29 is 4.74 Å². The molecular formula is C28H29NO. The van der Waals surface area contributed by atoms with Gasteiger partial charge in [0.1, 0.15) is 5.75 Å². The zero-order valence-electron chi connectivity index (χ0n) is 17.8. The molecule has 3 atom stereocenters. The molecule has 0 heterocycles. The van der Waals surface area contributed by atoms with Crippen LogP contribution in [0, 0.1) is 0 Å². The number of allylic oxidation sites excluding steroid dienone is 1. The van der Waals surface area contributed by atoms with Gasteiger partial charge in [0.15, 0.2) is 0 Å². The van der Waals surface area contributed by atoms with Gasteiger partial charge in [0.25, 0.3) is 0 Å². The summed E-state index contributed by atoms with van der Waals surface area (Å²) in [7, 11) is 3.97. The zero-order chi connectivity index (χ0) is 20.5. The van der Waals surface area contributed by atoms with Crippen LogP contribution in [-0.4, -0.2) is 25.6 Å². The Bertz CT molecular complexity index is 1040. The number of rotatable bonds is 6. The molecular weight excluding hydrogens is 366 g/mol. The molecule has 0 saturated carbocycles. The highest BCUT2D eigenvalue weighted by molar-refractivity contribution is 5.52. The summed E-state index contributed by atoms with van der Waals surface area (Å²) in [6.45, 7) is 2.01. The fourth-order valence-corrected chi connectivity index (χ4v) is 5.40. The number of nitrogens with zero attached hydrogens (tertiary/aromatic N) is 1. The van der Waals surface area contributed by atoms with Gasteiger partial charge in [-0.1, -0.05) is 78.4 Å². The zero-order valence-corrected chi connectivity index (χ0v) is 17.8. The van der Waals surface area contributed by atoms with Gasteiger partial charge >= 0.3 is 0 Å². The van der Waals surface area contributed by atoms with Gasteiger partial charge in [-0.15, -0.1) is 0 Å². The third-order valence-electron chi connectivity index (χ3n) is 6.79.